The number of aliphatic hydroxyl groups is 1. The largest absolute Gasteiger partial charge is 0.391 e. The molecule has 4 N–H and O–H groups in total. The number of nitrogens with zero attached hydrogens (tertiary/aromatic N) is 1. The van der Waals surface area contributed by atoms with Crippen LogP contribution in [-0.4, -0.2) is 34.0 Å². The Morgan fingerprint density at radius 3 is 2.65 bits per heavy atom. The lowest BCUT2D eigenvalue weighted by molar-refractivity contribution is 0.111. The summed E-state index contributed by atoms with van der Waals surface area (Å²) in [5.74, 6) is 0.324. The van der Waals surface area contributed by atoms with Gasteiger partial charge < -0.3 is 15.7 Å². The fourth-order valence-corrected chi connectivity index (χ4v) is 3.04. The van der Waals surface area contributed by atoms with Crippen molar-refractivity contribution in [3.63, 3.8) is 0 Å². The summed E-state index contributed by atoms with van der Waals surface area (Å²) in [6.07, 6.45) is 7.58. The highest BCUT2D eigenvalue weighted by Crippen LogP contribution is 2.27. The van der Waals surface area contributed by atoms with Crippen molar-refractivity contribution in [2.75, 3.05) is 11.9 Å². The predicted octanol–water partition coefficient (Wildman–Crippen LogP) is 2.75. The van der Waals surface area contributed by atoms with Crippen LogP contribution in [0.15, 0.2) is 36.7 Å². The van der Waals surface area contributed by atoms with Crippen LogP contribution in [0.1, 0.15) is 25.7 Å². The van der Waals surface area contributed by atoms with Gasteiger partial charge in [0.2, 0.25) is 0 Å². The number of aliphatic hydroxyl groups excluding tert-OH is 1. The molecule has 6 heteroatoms. The molecule has 0 aliphatic heterocycles. The number of hydrogen-bond donors (Lipinski definition) is 4. The van der Waals surface area contributed by atoms with Crippen molar-refractivity contribution >= 4 is 11.7 Å². The minimum absolute atomic E-state index is 0.293. The zero-order valence-corrected chi connectivity index (χ0v) is 13.0. The van der Waals surface area contributed by atoms with E-state index in [2.05, 4.69) is 20.8 Å². The SMILES string of the molecule is O=C(NCC(O)C1CCCC1)Nc1ccc(-c2cn[nH]c2)cc1. The van der Waals surface area contributed by atoms with Crippen LogP contribution in [0.3, 0.4) is 0 Å². The molecule has 1 atom stereocenters. The van der Waals surface area contributed by atoms with Crippen LogP contribution in [0.5, 0.6) is 0 Å². The quantitative estimate of drug-likeness (QED) is 0.684. The van der Waals surface area contributed by atoms with E-state index in [1.807, 2.05) is 30.5 Å². The molecule has 6 nitrogen and oxygen atoms in total. The van der Waals surface area contributed by atoms with Crippen molar-refractivity contribution in [1.82, 2.24) is 15.5 Å². The van der Waals surface area contributed by atoms with Crippen LogP contribution in [0.4, 0.5) is 10.5 Å². The molecule has 1 fully saturated rings. The highest BCUT2D eigenvalue weighted by atomic mass is 16.3. The number of urea groups is 1. The minimum atomic E-state index is -0.452. The third kappa shape index (κ3) is 4.10. The van der Waals surface area contributed by atoms with E-state index in [0.29, 0.717) is 18.2 Å². The number of nitrogens with one attached hydrogen (secondary N) is 3. The molecular weight excluding hydrogens is 292 g/mol. The van der Waals surface area contributed by atoms with Gasteiger partial charge in [0.15, 0.2) is 0 Å². The van der Waals surface area contributed by atoms with Gasteiger partial charge in [0.05, 0.1) is 12.3 Å². The Bertz CT molecular complexity index is 619. The Kier molecular flexibility index (Phi) is 4.92. The van der Waals surface area contributed by atoms with Gasteiger partial charge in [-0.3, -0.25) is 5.10 Å². The van der Waals surface area contributed by atoms with Crippen LogP contribution < -0.4 is 10.6 Å². The molecule has 122 valence electrons. The molecule has 2 aromatic rings. The van der Waals surface area contributed by atoms with E-state index >= 15 is 0 Å². The zero-order chi connectivity index (χ0) is 16.1. The summed E-state index contributed by atoms with van der Waals surface area (Å²) in [5.41, 5.74) is 2.74. The second-order valence-corrected chi connectivity index (χ2v) is 6.01. The average molecular weight is 314 g/mol. The summed E-state index contributed by atoms with van der Waals surface area (Å²) >= 11 is 0. The van der Waals surface area contributed by atoms with E-state index in [4.69, 9.17) is 0 Å². The van der Waals surface area contributed by atoms with Crippen LogP contribution in [0, 0.1) is 5.92 Å². The first-order valence-corrected chi connectivity index (χ1v) is 8.04. The van der Waals surface area contributed by atoms with Crippen molar-refractivity contribution in [2.24, 2.45) is 5.92 Å². The molecule has 0 saturated heterocycles. The molecule has 1 aliphatic rings. The first-order chi connectivity index (χ1) is 11.2. The lowest BCUT2D eigenvalue weighted by Gasteiger charge is -2.18. The van der Waals surface area contributed by atoms with Crippen molar-refractivity contribution < 1.29 is 9.90 Å². The van der Waals surface area contributed by atoms with E-state index in [1.165, 1.54) is 12.8 Å². The predicted molar refractivity (Wildman–Crippen MR) is 89.0 cm³/mol. The van der Waals surface area contributed by atoms with Crippen LogP contribution in [0.25, 0.3) is 11.1 Å². The van der Waals surface area contributed by atoms with Gasteiger partial charge in [-0.05, 0) is 36.5 Å². The molecule has 23 heavy (non-hydrogen) atoms. The highest BCUT2D eigenvalue weighted by Gasteiger charge is 2.23. The summed E-state index contributed by atoms with van der Waals surface area (Å²) in [6.45, 7) is 0.295. The maximum absolute atomic E-state index is 11.9. The third-order valence-corrected chi connectivity index (χ3v) is 4.39. The van der Waals surface area contributed by atoms with Crippen molar-refractivity contribution in [2.45, 2.75) is 31.8 Å². The summed E-state index contributed by atoms with van der Waals surface area (Å²) < 4.78 is 0. The van der Waals surface area contributed by atoms with E-state index in [0.717, 1.165) is 24.0 Å². The lowest BCUT2D eigenvalue weighted by atomic mass is 10.0. The van der Waals surface area contributed by atoms with E-state index in [-0.39, 0.29) is 6.03 Å². The number of carbonyl (C=O) groups excluding carboxylic acids is 1. The molecule has 2 amide bonds. The number of aromatic nitrogens is 2. The molecule has 0 radical (unpaired) electrons. The Hall–Kier alpha value is -2.34. The number of H-pyrrole nitrogens is 1. The number of anilines is 1. The topological polar surface area (TPSA) is 90.0 Å². The zero-order valence-electron chi connectivity index (χ0n) is 13.0. The van der Waals surface area contributed by atoms with Crippen LogP contribution >= 0.6 is 0 Å². The van der Waals surface area contributed by atoms with Crippen LogP contribution in [0.2, 0.25) is 0 Å². The summed E-state index contributed by atoms with van der Waals surface area (Å²) in [7, 11) is 0. The Labute approximate surface area is 135 Å². The van der Waals surface area contributed by atoms with Gasteiger partial charge in [-0.1, -0.05) is 25.0 Å². The maximum Gasteiger partial charge on any atom is 0.319 e. The van der Waals surface area contributed by atoms with E-state index in [1.54, 1.807) is 6.20 Å². The van der Waals surface area contributed by atoms with Crippen molar-refractivity contribution in [3.05, 3.63) is 36.7 Å². The van der Waals surface area contributed by atoms with Gasteiger partial charge in [-0.2, -0.15) is 5.10 Å². The molecule has 1 aromatic carbocycles. The normalized spacial score (nSPS) is 16.2. The van der Waals surface area contributed by atoms with Gasteiger partial charge in [0.1, 0.15) is 0 Å². The fraction of sp³-hybridized carbons (Fsp3) is 0.412. The summed E-state index contributed by atoms with van der Waals surface area (Å²) in [5, 5.41) is 22.3. The second-order valence-electron chi connectivity index (χ2n) is 6.01. The standard InChI is InChI=1S/C17H22N4O2/c22-16(13-3-1-2-4-13)11-18-17(23)21-15-7-5-12(6-8-15)14-9-19-20-10-14/h5-10,13,16,22H,1-4,11H2,(H,19,20)(H2,18,21,23). The summed E-state index contributed by atoms with van der Waals surface area (Å²) in [4.78, 5) is 11.9. The van der Waals surface area contributed by atoms with Crippen LogP contribution in [-0.2, 0) is 0 Å². The smallest absolute Gasteiger partial charge is 0.319 e. The first-order valence-electron chi connectivity index (χ1n) is 8.04. The number of rotatable bonds is 5. The molecular formula is C17H22N4O2. The average Bonchev–Trinajstić information content (AvgIpc) is 3.26. The maximum atomic E-state index is 11.9. The molecule has 1 unspecified atom stereocenters. The monoisotopic (exact) mass is 314 g/mol. The van der Waals surface area contributed by atoms with E-state index < -0.39 is 6.10 Å². The van der Waals surface area contributed by atoms with Gasteiger partial charge in [0, 0.05) is 24.0 Å². The number of carbonyl (C=O) groups is 1. The van der Waals surface area contributed by atoms with Gasteiger partial charge in [-0.25, -0.2) is 4.79 Å². The fourth-order valence-electron chi connectivity index (χ4n) is 3.04. The molecule has 1 saturated carbocycles. The second kappa shape index (κ2) is 7.28. The molecule has 0 bridgehead atoms. The molecule has 1 heterocycles. The first kappa shape index (κ1) is 15.6. The third-order valence-electron chi connectivity index (χ3n) is 4.39. The molecule has 1 aliphatic carbocycles. The molecule has 1 aromatic heterocycles. The van der Waals surface area contributed by atoms with Crippen molar-refractivity contribution in [1.29, 1.82) is 0 Å². The highest BCUT2D eigenvalue weighted by molar-refractivity contribution is 5.89. The van der Waals surface area contributed by atoms with Gasteiger partial charge >= 0.3 is 6.03 Å². The summed E-state index contributed by atoms with van der Waals surface area (Å²) in [6, 6.07) is 7.24. The lowest BCUT2D eigenvalue weighted by Crippen LogP contribution is -2.37. The van der Waals surface area contributed by atoms with Crippen molar-refractivity contribution in [3.8, 4) is 11.1 Å². The molecule has 0 spiro atoms. The Balaban J connectivity index is 1.47. The number of benzene rings is 1. The number of hydrogen-bond acceptors (Lipinski definition) is 3. The minimum Gasteiger partial charge on any atom is -0.391 e. The Morgan fingerprint density at radius 2 is 2.00 bits per heavy atom. The number of amides is 2. The van der Waals surface area contributed by atoms with E-state index in [9.17, 15) is 9.90 Å². The molecule has 3 rings (SSSR count). The number of aromatic amines is 1. The van der Waals surface area contributed by atoms with Gasteiger partial charge in [-0.15, -0.1) is 0 Å². The Morgan fingerprint density at radius 1 is 1.26 bits per heavy atom. The van der Waals surface area contributed by atoms with Gasteiger partial charge in [0.25, 0.3) is 0 Å².